The SMILES string of the molecule is CC(C)c1ncc(NN)c(C(=O)NCc2ccno2)n1. The molecule has 0 saturated carbocycles. The van der Waals surface area contributed by atoms with Crippen LogP contribution in [-0.2, 0) is 6.54 Å². The maximum atomic E-state index is 12.1. The van der Waals surface area contributed by atoms with E-state index in [0.29, 0.717) is 17.3 Å². The highest BCUT2D eigenvalue weighted by Crippen LogP contribution is 2.15. The second kappa shape index (κ2) is 6.11. The van der Waals surface area contributed by atoms with Crippen LogP contribution in [0.3, 0.4) is 0 Å². The Kier molecular flexibility index (Phi) is 4.26. The Morgan fingerprint density at radius 2 is 2.30 bits per heavy atom. The molecule has 8 heteroatoms. The van der Waals surface area contributed by atoms with Crippen LogP contribution in [0, 0.1) is 0 Å². The number of rotatable bonds is 5. The van der Waals surface area contributed by atoms with Crippen molar-refractivity contribution >= 4 is 11.6 Å². The van der Waals surface area contributed by atoms with Crippen LogP contribution in [0.4, 0.5) is 5.69 Å². The molecule has 2 heterocycles. The van der Waals surface area contributed by atoms with Crippen molar-refractivity contribution in [2.75, 3.05) is 5.43 Å². The summed E-state index contributed by atoms with van der Waals surface area (Å²) in [5.74, 6) is 6.25. The molecule has 0 atom stereocenters. The van der Waals surface area contributed by atoms with Crippen LogP contribution in [0.1, 0.15) is 41.8 Å². The first kappa shape index (κ1) is 13.9. The third kappa shape index (κ3) is 3.09. The molecule has 0 unspecified atom stereocenters. The Morgan fingerprint density at radius 1 is 1.50 bits per heavy atom. The van der Waals surface area contributed by atoms with Gasteiger partial charge in [0.2, 0.25) is 0 Å². The van der Waals surface area contributed by atoms with Gasteiger partial charge in [0.1, 0.15) is 5.82 Å². The molecule has 8 nitrogen and oxygen atoms in total. The van der Waals surface area contributed by atoms with Gasteiger partial charge in [-0.05, 0) is 0 Å². The number of carbonyl (C=O) groups is 1. The summed E-state index contributed by atoms with van der Waals surface area (Å²) in [6.07, 6.45) is 3.00. The molecular formula is C12H16N6O2. The van der Waals surface area contributed by atoms with E-state index in [0.717, 1.165) is 0 Å². The van der Waals surface area contributed by atoms with E-state index in [-0.39, 0.29) is 24.1 Å². The largest absolute Gasteiger partial charge is 0.360 e. The lowest BCUT2D eigenvalue weighted by molar-refractivity contribution is 0.0942. The van der Waals surface area contributed by atoms with Crippen LogP contribution in [0.2, 0.25) is 0 Å². The summed E-state index contributed by atoms with van der Waals surface area (Å²) < 4.78 is 4.90. The number of aromatic nitrogens is 3. The number of carbonyl (C=O) groups excluding carboxylic acids is 1. The van der Waals surface area contributed by atoms with E-state index >= 15 is 0 Å². The number of nitrogens with zero attached hydrogens (tertiary/aromatic N) is 3. The average Bonchev–Trinajstić information content (AvgIpc) is 2.97. The number of amides is 1. The minimum atomic E-state index is -0.362. The van der Waals surface area contributed by atoms with Gasteiger partial charge in [-0.15, -0.1) is 0 Å². The molecular weight excluding hydrogens is 260 g/mol. The molecule has 106 valence electrons. The lowest BCUT2D eigenvalue weighted by Crippen LogP contribution is -2.26. The molecule has 1 amide bonds. The molecule has 20 heavy (non-hydrogen) atoms. The smallest absolute Gasteiger partial charge is 0.272 e. The van der Waals surface area contributed by atoms with Crippen molar-refractivity contribution in [3.05, 3.63) is 35.7 Å². The fourth-order valence-electron chi connectivity index (χ4n) is 1.54. The first-order valence-electron chi connectivity index (χ1n) is 6.13. The second-order valence-corrected chi connectivity index (χ2v) is 4.45. The minimum absolute atomic E-state index is 0.114. The van der Waals surface area contributed by atoms with Gasteiger partial charge >= 0.3 is 0 Å². The normalized spacial score (nSPS) is 10.6. The predicted molar refractivity (Wildman–Crippen MR) is 71.6 cm³/mol. The highest BCUT2D eigenvalue weighted by Gasteiger charge is 2.16. The zero-order valence-corrected chi connectivity index (χ0v) is 11.3. The average molecular weight is 276 g/mol. The molecule has 0 aliphatic rings. The number of hydrazine groups is 1. The monoisotopic (exact) mass is 276 g/mol. The summed E-state index contributed by atoms with van der Waals surface area (Å²) in [5.41, 5.74) is 2.98. The fourth-order valence-corrected chi connectivity index (χ4v) is 1.54. The lowest BCUT2D eigenvalue weighted by Gasteiger charge is -2.10. The molecule has 0 aromatic carbocycles. The quantitative estimate of drug-likeness (QED) is 0.546. The molecule has 0 saturated heterocycles. The van der Waals surface area contributed by atoms with Gasteiger partial charge in [-0.25, -0.2) is 9.97 Å². The summed E-state index contributed by atoms with van der Waals surface area (Å²) >= 11 is 0. The molecule has 0 bridgehead atoms. The molecule has 0 aliphatic heterocycles. The molecule has 0 spiro atoms. The number of hydrogen-bond donors (Lipinski definition) is 3. The number of nitrogens with one attached hydrogen (secondary N) is 2. The molecule has 4 N–H and O–H groups in total. The summed E-state index contributed by atoms with van der Waals surface area (Å²) in [6.45, 7) is 4.12. The van der Waals surface area contributed by atoms with E-state index in [1.165, 1.54) is 12.4 Å². The maximum Gasteiger partial charge on any atom is 0.272 e. The highest BCUT2D eigenvalue weighted by molar-refractivity contribution is 5.97. The molecule has 2 aromatic heterocycles. The van der Waals surface area contributed by atoms with E-state index in [4.69, 9.17) is 10.4 Å². The van der Waals surface area contributed by atoms with Gasteiger partial charge in [-0.3, -0.25) is 10.6 Å². The van der Waals surface area contributed by atoms with Gasteiger partial charge in [0.25, 0.3) is 5.91 Å². The lowest BCUT2D eigenvalue weighted by atomic mass is 10.2. The van der Waals surface area contributed by atoms with Crippen LogP contribution < -0.4 is 16.6 Å². The zero-order valence-electron chi connectivity index (χ0n) is 11.3. The minimum Gasteiger partial charge on any atom is -0.360 e. The molecule has 0 fully saturated rings. The van der Waals surface area contributed by atoms with E-state index in [2.05, 4.69) is 25.9 Å². The van der Waals surface area contributed by atoms with Crippen LogP contribution in [0.25, 0.3) is 0 Å². The molecule has 2 rings (SSSR count). The zero-order chi connectivity index (χ0) is 14.5. The van der Waals surface area contributed by atoms with Crippen molar-refractivity contribution in [2.24, 2.45) is 5.84 Å². The maximum absolute atomic E-state index is 12.1. The van der Waals surface area contributed by atoms with Gasteiger partial charge < -0.3 is 15.3 Å². The Hall–Kier alpha value is -2.48. The summed E-state index contributed by atoms with van der Waals surface area (Å²) in [4.78, 5) is 20.5. The van der Waals surface area contributed by atoms with Gasteiger partial charge in [-0.2, -0.15) is 0 Å². The Bertz CT molecular complexity index is 582. The molecule has 2 aromatic rings. The first-order valence-corrected chi connectivity index (χ1v) is 6.13. The topological polar surface area (TPSA) is 119 Å². The molecule has 0 aliphatic carbocycles. The summed E-state index contributed by atoms with van der Waals surface area (Å²) in [5, 5.41) is 6.24. The van der Waals surface area contributed by atoms with E-state index in [1.807, 2.05) is 13.8 Å². The Balaban J connectivity index is 2.16. The van der Waals surface area contributed by atoms with Gasteiger partial charge in [-0.1, -0.05) is 19.0 Å². The van der Waals surface area contributed by atoms with Crippen LogP contribution in [0.15, 0.2) is 23.0 Å². The van der Waals surface area contributed by atoms with Crippen LogP contribution in [0.5, 0.6) is 0 Å². The van der Waals surface area contributed by atoms with Crippen molar-refractivity contribution in [1.82, 2.24) is 20.4 Å². The molecule has 0 radical (unpaired) electrons. The van der Waals surface area contributed by atoms with Crippen molar-refractivity contribution in [3.63, 3.8) is 0 Å². The van der Waals surface area contributed by atoms with Gasteiger partial charge in [0.15, 0.2) is 11.5 Å². The summed E-state index contributed by atoms with van der Waals surface area (Å²) in [7, 11) is 0. The van der Waals surface area contributed by atoms with Crippen molar-refractivity contribution in [1.29, 1.82) is 0 Å². The Morgan fingerprint density at radius 3 is 2.90 bits per heavy atom. The first-order chi connectivity index (χ1) is 9.61. The number of anilines is 1. The van der Waals surface area contributed by atoms with Crippen molar-refractivity contribution < 1.29 is 9.32 Å². The predicted octanol–water partition coefficient (Wildman–Crippen LogP) is 0.804. The van der Waals surface area contributed by atoms with E-state index < -0.39 is 0 Å². The number of nitrogens with two attached hydrogens (primary N) is 1. The van der Waals surface area contributed by atoms with Crippen LogP contribution in [-0.4, -0.2) is 21.0 Å². The van der Waals surface area contributed by atoms with Crippen LogP contribution >= 0.6 is 0 Å². The van der Waals surface area contributed by atoms with Gasteiger partial charge in [0, 0.05) is 12.0 Å². The summed E-state index contributed by atoms with van der Waals surface area (Å²) in [6, 6.07) is 1.67. The third-order valence-corrected chi connectivity index (χ3v) is 2.61. The highest BCUT2D eigenvalue weighted by atomic mass is 16.5. The Labute approximate surface area is 115 Å². The van der Waals surface area contributed by atoms with E-state index in [9.17, 15) is 4.79 Å². The van der Waals surface area contributed by atoms with E-state index in [1.54, 1.807) is 6.07 Å². The standard InChI is InChI=1S/C12H16N6O2/c1-7(2)11-14-6-9(18-13)10(17-11)12(19)15-5-8-3-4-16-20-8/h3-4,6-7,18H,5,13H2,1-2H3,(H,15,19). The van der Waals surface area contributed by atoms with Crippen molar-refractivity contribution in [3.8, 4) is 0 Å². The second-order valence-electron chi connectivity index (χ2n) is 4.45. The van der Waals surface area contributed by atoms with Crippen molar-refractivity contribution in [2.45, 2.75) is 26.3 Å². The number of nitrogen functional groups attached to an aromatic ring is 1. The van der Waals surface area contributed by atoms with Gasteiger partial charge in [0.05, 0.1) is 24.6 Å². The third-order valence-electron chi connectivity index (χ3n) is 2.61. The fraction of sp³-hybridized carbons (Fsp3) is 0.333. The number of hydrogen-bond acceptors (Lipinski definition) is 7.